The normalized spacial score (nSPS) is 16.9. The molecule has 29 heavy (non-hydrogen) atoms. The van der Waals surface area contributed by atoms with E-state index in [1.54, 1.807) is 5.01 Å². The number of carbonyl (C=O) groups excluding carboxylic acids is 1. The van der Waals surface area contributed by atoms with Crippen molar-refractivity contribution in [3.05, 3.63) is 77.4 Å². The summed E-state index contributed by atoms with van der Waals surface area (Å²) in [6.45, 7) is 6.09. The van der Waals surface area contributed by atoms with Crippen LogP contribution in [0.4, 0.5) is 0 Å². The second kappa shape index (κ2) is 8.92. The molecule has 1 aliphatic rings. The first-order valence-electron chi connectivity index (χ1n) is 9.66. The van der Waals surface area contributed by atoms with Gasteiger partial charge in [0.25, 0.3) is 0 Å². The second-order valence-corrected chi connectivity index (χ2v) is 7.86. The molecule has 0 radical (unpaired) electrons. The van der Waals surface area contributed by atoms with Crippen LogP contribution < -0.4 is 5.48 Å². The van der Waals surface area contributed by atoms with E-state index in [9.17, 15) is 4.79 Å². The number of ether oxygens (including phenoxy) is 1. The van der Waals surface area contributed by atoms with Crippen LogP contribution in [0.15, 0.2) is 71.3 Å². The molecule has 0 saturated carbocycles. The Labute approximate surface area is 171 Å². The zero-order chi connectivity index (χ0) is 20.9. The summed E-state index contributed by atoms with van der Waals surface area (Å²) in [5.41, 5.74) is 5.32. The van der Waals surface area contributed by atoms with Crippen LogP contribution in [-0.2, 0) is 9.53 Å². The Bertz CT molecular complexity index is 845. The van der Waals surface area contributed by atoms with Crippen molar-refractivity contribution < 1.29 is 14.7 Å². The molecule has 1 atom stereocenters. The van der Waals surface area contributed by atoms with E-state index >= 15 is 0 Å². The van der Waals surface area contributed by atoms with Gasteiger partial charge in [0.2, 0.25) is 0 Å². The number of rotatable bonds is 5. The van der Waals surface area contributed by atoms with Gasteiger partial charge in [-0.25, -0.2) is 4.79 Å². The molecular formula is C23H27N3O3. The van der Waals surface area contributed by atoms with Gasteiger partial charge in [-0.2, -0.15) is 5.10 Å². The summed E-state index contributed by atoms with van der Waals surface area (Å²) in [5.74, 6) is -0.357. The number of esters is 1. The maximum absolute atomic E-state index is 13.2. The monoisotopic (exact) mass is 393 g/mol. The van der Waals surface area contributed by atoms with Gasteiger partial charge in [0.15, 0.2) is 6.04 Å². The van der Waals surface area contributed by atoms with Crippen molar-refractivity contribution in [2.24, 2.45) is 5.10 Å². The number of carbonyl (C=O) groups is 1. The molecule has 6 heteroatoms. The Morgan fingerprint density at radius 3 is 2.14 bits per heavy atom. The molecule has 2 N–H and O–H groups in total. The van der Waals surface area contributed by atoms with Gasteiger partial charge in [-0.15, -0.1) is 0 Å². The van der Waals surface area contributed by atoms with Crippen LogP contribution >= 0.6 is 0 Å². The van der Waals surface area contributed by atoms with Crippen LogP contribution in [0.5, 0.6) is 0 Å². The van der Waals surface area contributed by atoms with E-state index in [2.05, 4.69) is 5.10 Å². The summed E-state index contributed by atoms with van der Waals surface area (Å²) in [7, 11) is 0. The third-order valence-electron chi connectivity index (χ3n) is 4.58. The fourth-order valence-corrected chi connectivity index (χ4v) is 3.54. The minimum atomic E-state index is -0.672. The minimum Gasteiger partial charge on any atom is -0.458 e. The van der Waals surface area contributed by atoms with E-state index in [-0.39, 0.29) is 5.97 Å². The molecule has 6 nitrogen and oxygen atoms in total. The highest BCUT2D eigenvalue weighted by Crippen LogP contribution is 2.36. The minimum absolute atomic E-state index is 0.357. The average Bonchev–Trinajstić information content (AvgIpc) is 3.10. The summed E-state index contributed by atoms with van der Waals surface area (Å²) in [6.07, 6.45) is 1.82. The fourth-order valence-electron chi connectivity index (χ4n) is 3.54. The lowest BCUT2D eigenvalue weighted by Gasteiger charge is -2.27. The highest BCUT2D eigenvalue weighted by atomic mass is 16.6. The lowest BCUT2D eigenvalue weighted by molar-refractivity contribution is -0.159. The largest absolute Gasteiger partial charge is 0.458 e. The first kappa shape index (κ1) is 20.6. The second-order valence-electron chi connectivity index (χ2n) is 7.86. The number of hydrazone groups is 1. The van der Waals surface area contributed by atoms with Gasteiger partial charge in [-0.05, 0) is 49.5 Å². The zero-order valence-electron chi connectivity index (χ0n) is 17.0. The van der Waals surface area contributed by atoms with Gasteiger partial charge in [0.05, 0.1) is 0 Å². The van der Waals surface area contributed by atoms with Crippen molar-refractivity contribution in [2.45, 2.75) is 38.8 Å². The fraction of sp³-hybridized carbons (Fsp3) is 0.304. The molecule has 3 rings (SSSR count). The Hall–Kier alpha value is -3.12. The number of nitrogens with one attached hydrogen (secondary N) is 1. The molecule has 152 valence electrons. The summed E-state index contributed by atoms with van der Waals surface area (Å²) >= 11 is 0. The van der Waals surface area contributed by atoms with Crippen LogP contribution in [-0.4, -0.2) is 40.7 Å². The third kappa shape index (κ3) is 5.03. The Morgan fingerprint density at radius 1 is 1.10 bits per heavy atom. The van der Waals surface area contributed by atoms with Crippen LogP contribution in [0.3, 0.4) is 0 Å². The Balaban J connectivity index is 2.16. The summed E-state index contributed by atoms with van der Waals surface area (Å²) < 4.78 is 5.71. The number of benzene rings is 2. The highest BCUT2D eigenvalue weighted by molar-refractivity contribution is 5.90. The van der Waals surface area contributed by atoms with E-state index in [1.807, 2.05) is 86.9 Å². The molecule has 0 amide bonds. The number of hydroxylamine groups is 1. The molecule has 0 aliphatic carbocycles. The molecule has 1 heterocycles. The number of hydrogen-bond donors (Lipinski definition) is 2. The molecule has 2 aromatic rings. The van der Waals surface area contributed by atoms with Gasteiger partial charge in [-0.1, -0.05) is 60.7 Å². The van der Waals surface area contributed by atoms with Crippen molar-refractivity contribution in [1.29, 1.82) is 0 Å². The Morgan fingerprint density at radius 2 is 1.66 bits per heavy atom. The first-order chi connectivity index (χ1) is 13.9. The molecule has 0 bridgehead atoms. The predicted octanol–water partition coefficient (Wildman–Crippen LogP) is 3.83. The maximum atomic E-state index is 13.2. The smallest absolute Gasteiger partial charge is 0.335 e. The molecular weight excluding hydrogens is 366 g/mol. The predicted molar refractivity (Wildman–Crippen MR) is 113 cm³/mol. The summed E-state index contributed by atoms with van der Waals surface area (Å²) in [5, 5.41) is 14.8. The average molecular weight is 393 g/mol. The standard InChI is InChI=1S/C23H27N3O3/c1-23(2,3)29-22(27)21-19(14-15-26(21)24-16-25-28)20(17-10-6-4-7-11-17)18-12-8-5-9-13-18/h4-13,16,21,28H,14-15H2,1-3H3,(H,24,25)/t21-/m0/s1. The third-order valence-corrected chi connectivity index (χ3v) is 4.58. The maximum Gasteiger partial charge on any atom is 0.335 e. The highest BCUT2D eigenvalue weighted by Gasteiger charge is 2.39. The molecule has 0 aromatic heterocycles. The summed E-state index contributed by atoms with van der Waals surface area (Å²) in [4.78, 5) is 13.2. The van der Waals surface area contributed by atoms with Crippen molar-refractivity contribution in [3.8, 4) is 0 Å². The molecule has 1 fully saturated rings. The molecule has 1 aliphatic heterocycles. The van der Waals surface area contributed by atoms with E-state index in [0.717, 1.165) is 28.6 Å². The number of hydrogen-bond acceptors (Lipinski definition) is 5. The van der Waals surface area contributed by atoms with Crippen molar-refractivity contribution in [3.63, 3.8) is 0 Å². The molecule has 0 unspecified atom stereocenters. The van der Waals surface area contributed by atoms with Gasteiger partial charge in [0, 0.05) is 6.54 Å². The summed E-state index contributed by atoms with van der Waals surface area (Å²) in [6, 6.07) is 19.4. The van der Waals surface area contributed by atoms with Gasteiger partial charge in [0.1, 0.15) is 11.9 Å². The van der Waals surface area contributed by atoms with E-state index in [0.29, 0.717) is 13.0 Å². The van der Waals surface area contributed by atoms with Crippen LogP contribution in [0, 0.1) is 0 Å². The molecule has 0 spiro atoms. The van der Waals surface area contributed by atoms with Gasteiger partial charge in [-0.3, -0.25) is 15.7 Å². The van der Waals surface area contributed by atoms with Crippen molar-refractivity contribution >= 4 is 17.9 Å². The van der Waals surface area contributed by atoms with Gasteiger partial charge >= 0.3 is 5.97 Å². The SMILES string of the molecule is CC(C)(C)OC(=O)[C@@H]1C(=C(c2ccccc2)c2ccccc2)CCN1N=CNO. The first-order valence-corrected chi connectivity index (χ1v) is 9.66. The van der Waals surface area contributed by atoms with Crippen LogP contribution in [0.2, 0.25) is 0 Å². The van der Waals surface area contributed by atoms with Crippen LogP contribution in [0.25, 0.3) is 5.57 Å². The quantitative estimate of drug-likeness (QED) is 0.350. The van der Waals surface area contributed by atoms with E-state index in [4.69, 9.17) is 9.94 Å². The van der Waals surface area contributed by atoms with E-state index in [1.165, 1.54) is 0 Å². The van der Waals surface area contributed by atoms with Gasteiger partial charge < -0.3 is 4.74 Å². The molecule has 1 saturated heterocycles. The van der Waals surface area contributed by atoms with E-state index < -0.39 is 11.6 Å². The van der Waals surface area contributed by atoms with Crippen molar-refractivity contribution in [1.82, 2.24) is 10.5 Å². The lowest BCUT2D eigenvalue weighted by Crippen LogP contribution is -2.39. The zero-order valence-corrected chi connectivity index (χ0v) is 17.0. The van der Waals surface area contributed by atoms with Crippen molar-refractivity contribution in [2.75, 3.05) is 6.54 Å². The number of nitrogens with zero attached hydrogens (tertiary/aromatic N) is 2. The Kier molecular flexibility index (Phi) is 6.34. The lowest BCUT2D eigenvalue weighted by atomic mass is 9.89. The molecule has 2 aromatic carbocycles. The van der Waals surface area contributed by atoms with Crippen LogP contribution in [0.1, 0.15) is 38.3 Å². The topological polar surface area (TPSA) is 74.2 Å².